The van der Waals surface area contributed by atoms with Gasteiger partial charge in [-0.25, -0.2) is 0 Å². The van der Waals surface area contributed by atoms with Crippen molar-refractivity contribution in [1.29, 1.82) is 0 Å². The summed E-state index contributed by atoms with van der Waals surface area (Å²) in [7, 11) is 0. The molecule has 0 aliphatic rings. The molecule has 0 fully saturated rings. The minimum atomic E-state index is 0.136. The van der Waals surface area contributed by atoms with Crippen LogP contribution >= 0.6 is 0 Å². The van der Waals surface area contributed by atoms with E-state index in [9.17, 15) is 0 Å². The molecule has 82 valence electrons. The highest BCUT2D eigenvalue weighted by Crippen LogP contribution is 2.16. The molecule has 2 heterocycles. The zero-order chi connectivity index (χ0) is 11.4. The van der Waals surface area contributed by atoms with Gasteiger partial charge in [0.05, 0.1) is 6.61 Å². The van der Waals surface area contributed by atoms with Crippen molar-refractivity contribution in [3.8, 4) is 17.4 Å². The predicted octanol–water partition coefficient (Wildman–Crippen LogP) is 0.914. The Kier molecular flexibility index (Phi) is 2.90. The summed E-state index contributed by atoms with van der Waals surface area (Å²) >= 11 is 0. The fourth-order valence-corrected chi connectivity index (χ4v) is 1.19. The quantitative estimate of drug-likeness (QED) is 0.822. The Morgan fingerprint density at radius 1 is 1.31 bits per heavy atom. The average Bonchev–Trinajstić information content (AvgIpc) is 2.30. The highest BCUT2D eigenvalue weighted by Gasteiger charge is 2.06. The molecule has 6 nitrogen and oxygen atoms in total. The van der Waals surface area contributed by atoms with Gasteiger partial charge in [0, 0.05) is 18.0 Å². The summed E-state index contributed by atoms with van der Waals surface area (Å²) < 4.78 is 5.19. The molecule has 0 saturated carbocycles. The molecule has 2 aromatic heterocycles. The number of aromatic nitrogens is 4. The van der Waals surface area contributed by atoms with Crippen molar-refractivity contribution >= 4 is 5.95 Å². The van der Waals surface area contributed by atoms with E-state index < -0.39 is 0 Å². The molecule has 0 radical (unpaired) electrons. The summed E-state index contributed by atoms with van der Waals surface area (Å²) in [5.74, 6) is 0.598. The van der Waals surface area contributed by atoms with Crippen LogP contribution in [0.2, 0.25) is 0 Å². The maximum Gasteiger partial charge on any atom is 0.321 e. The molecule has 2 N–H and O–H groups in total. The zero-order valence-corrected chi connectivity index (χ0v) is 8.79. The van der Waals surface area contributed by atoms with Crippen LogP contribution in [-0.4, -0.2) is 26.5 Å². The summed E-state index contributed by atoms with van der Waals surface area (Å²) in [4.78, 5) is 16.0. The van der Waals surface area contributed by atoms with E-state index in [1.165, 1.54) is 0 Å². The van der Waals surface area contributed by atoms with Crippen LogP contribution in [0.15, 0.2) is 24.5 Å². The van der Waals surface area contributed by atoms with E-state index in [1.807, 2.05) is 13.0 Å². The van der Waals surface area contributed by atoms with Gasteiger partial charge in [0.15, 0.2) is 5.82 Å². The Labute approximate surface area is 92.6 Å². The molecule has 0 saturated heterocycles. The monoisotopic (exact) mass is 217 g/mol. The van der Waals surface area contributed by atoms with E-state index in [0.29, 0.717) is 12.4 Å². The lowest BCUT2D eigenvalue weighted by Crippen LogP contribution is -2.04. The van der Waals surface area contributed by atoms with E-state index in [-0.39, 0.29) is 12.0 Å². The lowest BCUT2D eigenvalue weighted by molar-refractivity contribution is 0.312. The minimum absolute atomic E-state index is 0.136. The molecule has 0 aliphatic heterocycles. The van der Waals surface area contributed by atoms with Gasteiger partial charge in [-0.2, -0.15) is 15.0 Å². The van der Waals surface area contributed by atoms with Crippen molar-refractivity contribution in [1.82, 2.24) is 19.9 Å². The van der Waals surface area contributed by atoms with Gasteiger partial charge in [-0.1, -0.05) is 0 Å². The second-order valence-corrected chi connectivity index (χ2v) is 2.97. The summed E-state index contributed by atoms with van der Waals surface area (Å²) in [5, 5.41) is 0. The first-order valence-corrected chi connectivity index (χ1v) is 4.84. The van der Waals surface area contributed by atoms with Crippen molar-refractivity contribution in [2.24, 2.45) is 0 Å². The first-order chi connectivity index (χ1) is 7.79. The van der Waals surface area contributed by atoms with Crippen LogP contribution < -0.4 is 10.5 Å². The van der Waals surface area contributed by atoms with Crippen LogP contribution in [0.4, 0.5) is 5.95 Å². The van der Waals surface area contributed by atoms with Crippen LogP contribution in [0.25, 0.3) is 11.4 Å². The van der Waals surface area contributed by atoms with Gasteiger partial charge < -0.3 is 10.5 Å². The zero-order valence-electron chi connectivity index (χ0n) is 8.79. The average molecular weight is 217 g/mol. The predicted molar refractivity (Wildman–Crippen MR) is 58.6 cm³/mol. The first-order valence-electron chi connectivity index (χ1n) is 4.84. The van der Waals surface area contributed by atoms with Crippen LogP contribution in [0.3, 0.4) is 0 Å². The molecular weight excluding hydrogens is 206 g/mol. The number of ether oxygens (including phenoxy) is 1. The third-order valence-electron chi connectivity index (χ3n) is 1.83. The van der Waals surface area contributed by atoms with Gasteiger partial charge >= 0.3 is 6.01 Å². The fraction of sp³-hybridized carbons (Fsp3) is 0.200. The molecule has 6 heteroatoms. The summed E-state index contributed by atoms with van der Waals surface area (Å²) in [6.07, 6.45) is 3.34. The third kappa shape index (κ3) is 2.22. The molecule has 2 rings (SSSR count). The lowest BCUT2D eigenvalue weighted by atomic mass is 10.3. The molecule has 0 unspecified atom stereocenters. The van der Waals surface area contributed by atoms with Crippen LogP contribution in [-0.2, 0) is 0 Å². The van der Waals surface area contributed by atoms with Crippen LogP contribution in [0.5, 0.6) is 6.01 Å². The molecule has 0 bridgehead atoms. The number of hydrogen-bond donors (Lipinski definition) is 1. The van der Waals surface area contributed by atoms with Gasteiger partial charge in [0.25, 0.3) is 0 Å². The van der Waals surface area contributed by atoms with Crippen molar-refractivity contribution in [2.45, 2.75) is 6.92 Å². The van der Waals surface area contributed by atoms with Crippen molar-refractivity contribution in [3.05, 3.63) is 24.5 Å². The Morgan fingerprint density at radius 2 is 2.19 bits per heavy atom. The molecule has 16 heavy (non-hydrogen) atoms. The van der Waals surface area contributed by atoms with Crippen molar-refractivity contribution in [2.75, 3.05) is 12.3 Å². The summed E-state index contributed by atoms with van der Waals surface area (Å²) in [5.41, 5.74) is 6.34. The SMILES string of the molecule is CCOc1nc(N)nc(-c2cccnc2)n1. The van der Waals surface area contributed by atoms with E-state index in [0.717, 1.165) is 5.56 Å². The maximum atomic E-state index is 5.56. The Balaban J connectivity index is 2.41. The normalized spacial score (nSPS) is 10.1. The van der Waals surface area contributed by atoms with Gasteiger partial charge in [-0.15, -0.1) is 0 Å². The topological polar surface area (TPSA) is 86.8 Å². The number of anilines is 1. The van der Waals surface area contributed by atoms with E-state index in [1.54, 1.807) is 18.5 Å². The molecule has 0 aliphatic carbocycles. The number of nitrogens with two attached hydrogens (primary N) is 1. The number of nitrogen functional groups attached to an aromatic ring is 1. The number of pyridine rings is 1. The van der Waals surface area contributed by atoms with E-state index in [4.69, 9.17) is 10.5 Å². The number of hydrogen-bond acceptors (Lipinski definition) is 6. The smallest absolute Gasteiger partial charge is 0.321 e. The molecule has 0 amide bonds. The van der Waals surface area contributed by atoms with E-state index in [2.05, 4.69) is 19.9 Å². The van der Waals surface area contributed by atoms with Crippen molar-refractivity contribution in [3.63, 3.8) is 0 Å². The molecule has 0 aromatic carbocycles. The van der Waals surface area contributed by atoms with Gasteiger partial charge in [0.2, 0.25) is 5.95 Å². The minimum Gasteiger partial charge on any atom is -0.464 e. The van der Waals surface area contributed by atoms with Crippen LogP contribution in [0, 0.1) is 0 Å². The largest absolute Gasteiger partial charge is 0.464 e. The molecule has 0 spiro atoms. The molecule has 2 aromatic rings. The van der Waals surface area contributed by atoms with Gasteiger partial charge in [0.1, 0.15) is 0 Å². The number of rotatable bonds is 3. The molecular formula is C10H11N5O. The third-order valence-corrected chi connectivity index (χ3v) is 1.83. The molecule has 0 atom stereocenters. The Bertz CT molecular complexity index is 474. The maximum absolute atomic E-state index is 5.56. The first kappa shape index (κ1) is 10.3. The fourth-order valence-electron chi connectivity index (χ4n) is 1.19. The van der Waals surface area contributed by atoms with E-state index >= 15 is 0 Å². The lowest BCUT2D eigenvalue weighted by Gasteiger charge is -2.04. The summed E-state index contributed by atoms with van der Waals surface area (Å²) in [6.45, 7) is 2.33. The second kappa shape index (κ2) is 4.52. The Morgan fingerprint density at radius 3 is 2.88 bits per heavy atom. The van der Waals surface area contributed by atoms with Crippen LogP contribution in [0.1, 0.15) is 6.92 Å². The highest BCUT2D eigenvalue weighted by molar-refractivity contribution is 5.54. The standard InChI is InChI=1S/C10H11N5O/c1-2-16-10-14-8(13-9(11)15-10)7-4-3-5-12-6-7/h3-6H,2H2,1H3,(H2,11,13,14,15). The highest BCUT2D eigenvalue weighted by atomic mass is 16.5. The van der Waals surface area contributed by atoms with Crippen molar-refractivity contribution < 1.29 is 4.74 Å². The number of nitrogens with zero attached hydrogens (tertiary/aromatic N) is 4. The second-order valence-electron chi connectivity index (χ2n) is 2.97. The van der Waals surface area contributed by atoms with Gasteiger partial charge in [-0.3, -0.25) is 4.98 Å². The van der Waals surface area contributed by atoms with Gasteiger partial charge in [-0.05, 0) is 19.1 Å². The summed E-state index contributed by atoms with van der Waals surface area (Å²) in [6, 6.07) is 3.88. The Hall–Kier alpha value is -2.24.